The normalized spacial score (nSPS) is 17.3. The van der Waals surface area contributed by atoms with Gasteiger partial charge in [-0.2, -0.15) is 0 Å². The second kappa shape index (κ2) is 9.02. The van der Waals surface area contributed by atoms with Gasteiger partial charge in [-0.15, -0.1) is 0 Å². The van der Waals surface area contributed by atoms with Gasteiger partial charge in [0.1, 0.15) is 0 Å². The van der Waals surface area contributed by atoms with Crippen LogP contribution >= 0.6 is 0 Å². The summed E-state index contributed by atoms with van der Waals surface area (Å²) in [6.07, 6.45) is 9.72. The van der Waals surface area contributed by atoms with Crippen LogP contribution in [-0.4, -0.2) is 14.8 Å². The van der Waals surface area contributed by atoms with Gasteiger partial charge in [0.2, 0.25) is 0 Å². The molecule has 3 aromatic rings. The number of fused-ring (bicyclic) bond motifs is 2. The van der Waals surface area contributed by atoms with Crippen LogP contribution in [0, 0.1) is 20.2 Å². The van der Waals surface area contributed by atoms with Crippen molar-refractivity contribution in [2.45, 2.75) is 38.5 Å². The van der Waals surface area contributed by atoms with E-state index in [-0.39, 0.29) is 21.2 Å². The number of pyridine rings is 1. The van der Waals surface area contributed by atoms with Crippen LogP contribution in [0.2, 0.25) is 0 Å². The van der Waals surface area contributed by atoms with Gasteiger partial charge in [-0.1, -0.05) is 30.3 Å². The number of hydrogen-bond acceptors (Lipinski definition) is 5. The molecule has 0 saturated carbocycles. The molecule has 7 heteroatoms. The Kier molecular flexibility index (Phi) is 5.76. The van der Waals surface area contributed by atoms with E-state index in [9.17, 15) is 20.2 Å². The van der Waals surface area contributed by atoms with E-state index in [1.807, 2.05) is 24.3 Å². The van der Waals surface area contributed by atoms with Crippen molar-refractivity contribution in [3.05, 3.63) is 108 Å². The molecule has 0 aliphatic heterocycles. The molecule has 2 aliphatic carbocycles. The molecule has 1 aromatic heterocycles. The third-order valence-electron chi connectivity index (χ3n) is 6.42. The molecule has 0 saturated heterocycles. The quantitative estimate of drug-likeness (QED) is 0.325. The zero-order chi connectivity index (χ0) is 23.7. The van der Waals surface area contributed by atoms with Gasteiger partial charge in [0.05, 0.1) is 21.2 Å². The first-order chi connectivity index (χ1) is 16.5. The molecule has 0 amide bonds. The summed E-state index contributed by atoms with van der Waals surface area (Å²) in [5, 5.41) is 22.4. The molecule has 7 nitrogen and oxygen atoms in total. The summed E-state index contributed by atoms with van der Waals surface area (Å²) in [6, 6.07) is 15.6. The van der Waals surface area contributed by atoms with E-state index in [1.165, 1.54) is 23.3 Å². The highest BCUT2D eigenvalue weighted by Gasteiger charge is 2.23. The molecule has 5 rings (SSSR count). The van der Waals surface area contributed by atoms with Gasteiger partial charge in [-0.25, -0.2) is 4.98 Å². The van der Waals surface area contributed by atoms with E-state index in [0.29, 0.717) is 0 Å². The van der Waals surface area contributed by atoms with Gasteiger partial charge in [0.25, 0.3) is 11.4 Å². The molecule has 34 heavy (non-hydrogen) atoms. The second-order valence-corrected chi connectivity index (χ2v) is 8.75. The SMILES string of the molecule is O=[N+]([O-])c1cccc(C=C2CCCc3cc4c(nc32)C(=Cc2cccc([N+](=O)[O-])c2)CCC4)c1. The fraction of sp³-hybridized carbons (Fsp3) is 0.222. The Labute approximate surface area is 196 Å². The average molecular weight is 453 g/mol. The highest BCUT2D eigenvalue weighted by atomic mass is 16.6. The molecule has 0 N–H and O–H groups in total. The van der Waals surface area contributed by atoms with Gasteiger partial charge >= 0.3 is 0 Å². The van der Waals surface area contributed by atoms with Crippen LogP contribution in [-0.2, 0) is 12.8 Å². The summed E-state index contributed by atoms with van der Waals surface area (Å²) in [5.41, 5.74) is 8.28. The molecule has 0 atom stereocenters. The number of nitro benzene ring substituents is 2. The highest BCUT2D eigenvalue weighted by Crippen LogP contribution is 2.38. The number of benzene rings is 2. The minimum absolute atomic E-state index is 0.0750. The number of nitro groups is 2. The summed E-state index contributed by atoms with van der Waals surface area (Å²) >= 11 is 0. The van der Waals surface area contributed by atoms with Crippen LogP contribution in [0.1, 0.15) is 59.3 Å². The third kappa shape index (κ3) is 4.37. The molecule has 2 aromatic carbocycles. The maximum absolute atomic E-state index is 11.2. The van der Waals surface area contributed by atoms with Crippen LogP contribution in [0.4, 0.5) is 11.4 Å². The maximum atomic E-state index is 11.2. The smallest absolute Gasteiger partial charge is 0.258 e. The van der Waals surface area contributed by atoms with Crippen molar-refractivity contribution >= 4 is 34.7 Å². The van der Waals surface area contributed by atoms with E-state index >= 15 is 0 Å². The van der Waals surface area contributed by atoms with Crippen molar-refractivity contribution in [1.29, 1.82) is 0 Å². The maximum Gasteiger partial charge on any atom is 0.270 e. The van der Waals surface area contributed by atoms with Crippen LogP contribution < -0.4 is 0 Å². The Balaban J connectivity index is 1.57. The fourth-order valence-electron chi connectivity index (χ4n) is 4.85. The van der Waals surface area contributed by atoms with Gasteiger partial charge in [0.15, 0.2) is 0 Å². The molecule has 0 bridgehead atoms. The molecule has 0 radical (unpaired) electrons. The van der Waals surface area contributed by atoms with Crippen molar-refractivity contribution in [3.8, 4) is 0 Å². The van der Waals surface area contributed by atoms with E-state index in [4.69, 9.17) is 4.98 Å². The van der Waals surface area contributed by atoms with E-state index < -0.39 is 0 Å². The molecule has 170 valence electrons. The van der Waals surface area contributed by atoms with Crippen LogP contribution in [0.15, 0.2) is 54.6 Å². The summed E-state index contributed by atoms with van der Waals surface area (Å²) in [7, 11) is 0. The lowest BCUT2D eigenvalue weighted by atomic mass is 9.84. The van der Waals surface area contributed by atoms with Crippen molar-refractivity contribution in [3.63, 3.8) is 0 Å². The number of allylic oxidation sites excluding steroid dienone is 2. The molecular weight excluding hydrogens is 430 g/mol. The molecule has 1 heterocycles. The number of rotatable bonds is 4. The minimum atomic E-state index is -0.379. The van der Waals surface area contributed by atoms with E-state index in [2.05, 4.69) is 6.07 Å². The Morgan fingerprint density at radius 1 is 0.676 bits per heavy atom. The topological polar surface area (TPSA) is 99.2 Å². The molecule has 0 fully saturated rings. The zero-order valence-electron chi connectivity index (χ0n) is 18.6. The van der Waals surface area contributed by atoms with Crippen molar-refractivity contribution in [2.75, 3.05) is 0 Å². The van der Waals surface area contributed by atoms with Gasteiger partial charge in [-0.3, -0.25) is 20.2 Å². The first-order valence-electron chi connectivity index (χ1n) is 11.4. The fourth-order valence-corrected chi connectivity index (χ4v) is 4.85. The molecule has 0 spiro atoms. The van der Waals surface area contributed by atoms with Gasteiger partial charge in [0, 0.05) is 24.3 Å². The molecule has 0 unspecified atom stereocenters. The average Bonchev–Trinajstić information content (AvgIpc) is 2.84. The zero-order valence-corrected chi connectivity index (χ0v) is 18.6. The number of aryl methyl sites for hydroxylation is 2. The number of non-ortho nitro benzene ring substituents is 2. The van der Waals surface area contributed by atoms with Gasteiger partial charge in [-0.05, 0) is 84.1 Å². The lowest BCUT2D eigenvalue weighted by molar-refractivity contribution is -0.385. The first kappa shape index (κ1) is 21.7. The summed E-state index contributed by atoms with van der Waals surface area (Å²) < 4.78 is 0. The standard InChI is InChI=1S/C27H23N3O4/c31-29(32)24-11-1-5-18(15-24)13-20-7-3-9-22-17-23-10-4-8-21(27(23)28-26(20)22)14-19-6-2-12-25(16-19)30(33)34/h1-2,5-6,11-17H,3-4,7-10H2. The van der Waals surface area contributed by atoms with Crippen molar-refractivity contribution in [1.82, 2.24) is 4.98 Å². The van der Waals surface area contributed by atoms with Gasteiger partial charge < -0.3 is 0 Å². The second-order valence-electron chi connectivity index (χ2n) is 8.75. The first-order valence-corrected chi connectivity index (χ1v) is 11.4. The largest absolute Gasteiger partial charge is 0.270 e. The number of aromatic nitrogens is 1. The lowest BCUT2D eigenvalue weighted by Gasteiger charge is -2.25. The van der Waals surface area contributed by atoms with Crippen LogP contribution in [0.25, 0.3) is 23.3 Å². The molecular formula is C27H23N3O4. The monoisotopic (exact) mass is 453 g/mol. The Morgan fingerprint density at radius 3 is 1.59 bits per heavy atom. The number of hydrogen-bond donors (Lipinski definition) is 0. The third-order valence-corrected chi connectivity index (χ3v) is 6.42. The lowest BCUT2D eigenvalue weighted by Crippen LogP contribution is -2.12. The summed E-state index contributed by atoms with van der Waals surface area (Å²) in [5.74, 6) is 0. The van der Waals surface area contributed by atoms with Crippen LogP contribution in [0.5, 0.6) is 0 Å². The minimum Gasteiger partial charge on any atom is -0.258 e. The molecule has 2 aliphatic rings. The van der Waals surface area contributed by atoms with E-state index in [1.54, 1.807) is 24.3 Å². The summed E-state index contributed by atoms with van der Waals surface area (Å²) in [4.78, 5) is 26.7. The van der Waals surface area contributed by atoms with E-state index in [0.717, 1.165) is 72.2 Å². The highest BCUT2D eigenvalue weighted by molar-refractivity contribution is 5.86. The Bertz CT molecular complexity index is 1270. The van der Waals surface area contributed by atoms with Crippen molar-refractivity contribution in [2.24, 2.45) is 0 Å². The Morgan fingerprint density at radius 2 is 1.15 bits per heavy atom. The predicted octanol–water partition coefficient (Wildman–Crippen LogP) is 6.65. The summed E-state index contributed by atoms with van der Waals surface area (Å²) in [6.45, 7) is 0. The van der Waals surface area contributed by atoms with Crippen molar-refractivity contribution < 1.29 is 9.85 Å². The van der Waals surface area contributed by atoms with Crippen LogP contribution in [0.3, 0.4) is 0 Å². The Hall–Kier alpha value is -4.13. The number of nitrogens with zero attached hydrogens (tertiary/aromatic N) is 3. The predicted molar refractivity (Wildman–Crippen MR) is 132 cm³/mol.